The van der Waals surface area contributed by atoms with Gasteiger partial charge in [0, 0.05) is 17.7 Å². The van der Waals surface area contributed by atoms with Crippen LogP contribution in [0, 0.1) is 0 Å². The molecule has 0 amide bonds. The number of nitrogens with zero attached hydrogens (tertiary/aromatic N) is 4. The van der Waals surface area contributed by atoms with Gasteiger partial charge in [-0.05, 0) is 25.3 Å². The van der Waals surface area contributed by atoms with Crippen LogP contribution in [0.5, 0.6) is 0 Å². The Hall–Kier alpha value is -1.42. The Morgan fingerprint density at radius 3 is 2.94 bits per heavy atom. The first-order valence-electron chi connectivity index (χ1n) is 5.85. The molecule has 0 spiro atoms. The topological polar surface area (TPSA) is 43.6 Å². The van der Waals surface area contributed by atoms with Crippen molar-refractivity contribution in [1.29, 1.82) is 0 Å². The largest absolute Gasteiger partial charge is 0.224 e. The molecule has 1 aliphatic rings. The smallest absolute Gasteiger partial charge is 0.161 e. The lowest BCUT2D eigenvalue weighted by Gasteiger charge is -2.07. The van der Waals surface area contributed by atoms with Crippen LogP contribution in [-0.4, -0.2) is 19.7 Å². The van der Waals surface area contributed by atoms with Gasteiger partial charge < -0.3 is 0 Å². The van der Waals surface area contributed by atoms with Crippen LogP contribution in [0.1, 0.15) is 36.9 Å². The van der Waals surface area contributed by atoms with E-state index in [1.165, 1.54) is 19.2 Å². The van der Waals surface area contributed by atoms with Gasteiger partial charge in [-0.2, -0.15) is 5.10 Å². The first-order chi connectivity index (χ1) is 8.29. The van der Waals surface area contributed by atoms with Crippen molar-refractivity contribution in [1.82, 2.24) is 19.7 Å². The third-order valence-corrected chi connectivity index (χ3v) is 3.37. The molecule has 3 rings (SSSR count). The summed E-state index contributed by atoms with van der Waals surface area (Å²) in [5, 5.41) is 5.07. The summed E-state index contributed by atoms with van der Waals surface area (Å²) in [5.41, 5.74) is 2.10. The summed E-state index contributed by atoms with van der Waals surface area (Å²) in [4.78, 5) is 8.28. The Morgan fingerprint density at radius 2 is 2.24 bits per heavy atom. The lowest BCUT2D eigenvalue weighted by atomic mass is 10.2. The van der Waals surface area contributed by atoms with Crippen LogP contribution in [0.25, 0.3) is 5.82 Å². The van der Waals surface area contributed by atoms with Gasteiger partial charge in [-0.25, -0.2) is 14.6 Å². The van der Waals surface area contributed by atoms with Crippen molar-refractivity contribution in [2.75, 3.05) is 0 Å². The number of rotatable bonds is 3. The molecule has 88 valence electrons. The highest BCUT2D eigenvalue weighted by Gasteiger charge is 2.26. The second-order valence-corrected chi connectivity index (χ2v) is 4.64. The molecule has 0 radical (unpaired) electrons. The van der Waals surface area contributed by atoms with Gasteiger partial charge in [-0.15, -0.1) is 0 Å². The highest BCUT2D eigenvalue weighted by atomic mass is 35.5. The first kappa shape index (κ1) is 10.7. The summed E-state index contributed by atoms with van der Waals surface area (Å²) in [5.74, 6) is 1.44. The van der Waals surface area contributed by atoms with E-state index in [-0.39, 0.29) is 0 Å². The maximum Gasteiger partial charge on any atom is 0.161 e. The maximum absolute atomic E-state index is 6.07. The predicted molar refractivity (Wildman–Crippen MR) is 65.5 cm³/mol. The van der Waals surface area contributed by atoms with Crippen LogP contribution in [-0.2, 0) is 6.42 Å². The minimum absolute atomic E-state index is 0.515. The van der Waals surface area contributed by atoms with Gasteiger partial charge in [-0.3, -0.25) is 0 Å². The molecule has 2 heterocycles. The molecule has 4 nitrogen and oxygen atoms in total. The number of aromatic nitrogens is 4. The molecular weight excluding hydrogens is 236 g/mol. The molecule has 0 bridgehead atoms. The molecule has 0 unspecified atom stereocenters. The van der Waals surface area contributed by atoms with Crippen LogP contribution < -0.4 is 0 Å². The van der Waals surface area contributed by atoms with Crippen molar-refractivity contribution in [3.63, 3.8) is 0 Å². The highest BCUT2D eigenvalue weighted by molar-refractivity contribution is 6.30. The SMILES string of the molecule is CCc1c(Cl)ncnc1-n1ccc(C2CC2)n1. The van der Waals surface area contributed by atoms with E-state index in [4.69, 9.17) is 11.6 Å². The molecule has 1 saturated carbocycles. The molecule has 0 aliphatic heterocycles. The Kier molecular flexibility index (Phi) is 2.59. The zero-order valence-electron chi connectivity index (χ0n) is 9.60. The van der Waals surface area contributed by atoms with Crippen LogP contribution in [0.3, 0.4) is 0 Å². The molecule has 0 saturated heterocycles. The van der Waals surface area contributed by atoms with E-state index in [2.05, 4.69) is 21.1 Å². The molecule has 0 atom stereocenters. The van der Waals surface area contributed by atoms with E-state index in [9.17, 15) is 0 Å². The van der Waals surface area contributed by atoms with Gasteiger partial charge >= 0.3 is 0 Å². The monoisotopic (exact) mass is 248 g/mol. The van der Waals surface area contributed by atoms with Crippen LogP contribution in [0.2, 0.25) is 5.15 Å². The lowest BCUT2D eigenvalue weighted by Crippen LogP contribution is -2.05. The average molecular weight is 249 g/mol. The van der Waals surface area contributed by atoms with Gasteiger partial charge in [0.25, 0.3) is 0 Å². The molecule has 1 aliphatic carbocycles. The molecule has 0 N–H and O–H groups in total. The summed E-state index contributed by atoms with van der Waals surface area (Å²) < 4.78 is 1.81. The second kappa shape index (κ2) is 4.11. The summed E-state index contributed by atoms with van der Waals surface area (Å²) >= 11 is 6.07. The van der Waals surface area contributed by atoms with Crippen molar-refractivity contribution in [3.8, 4) is 5.82 Å². The molecule has 5 heteroatoms. The fraction of sp³-hybridized carbons (Fsp3) is 0.417. The van der Waals surface area contributed by atoms with E-state index in [0.29, 0.717) is 11.1 Å². The molecular formula is C12H13ClN4. The van der Waals surface area contributed by atoms with Crippen molar-refractivity contribution >= 4 is 11.6 Å². The van der Waals surface area contributed by atoms with Gasteiger partial charge in [0.15, 0.2) is 5.82 Å². The minimum Gasteiger partial charge on any atom is -0.224 e. The summed E-state index contributed by atoms with van der Waals surface area (Å²) in [7, 11) is 0. The van der Waals surface area contributed by atoms with Gasteiger partial charge in [0.05, 0.1) is 5.69 Å². The molecule has 2 aromatic rings. The Morgan fingerprint density at radius 1 is 1.41 bits per heavy atom. The molecule has 2 aromatic heterocycles. The van der Waals surface area contributed by atoms with Crippen molar-refractivity contribution in [2.45, 2.75) is 32.1 Å². The predicted octanol–water partition coefficient (Wildman–Crippen LogP) is 2.76. The quantitative estimate of drug-likeness (QED) is 0.785. The van der Waals surface area contributed by atoms with Crippen LogP contribution in [0.15, 0.2) is 18.6 Å². The third kappa shape index (κ3) is 1.93. The zero-order valence-corrected chi connectivity index (χ0v) is 10.4. The van der Waals surface area contributed by atoms with Crippen LogP contribution in [0.4, 0.5) is 0 Å². The van der Waals surface area contributed by atoms with Gasteiger partial charge in [-0.1, -0.05) is 18.5 Å². The molecule has 1 fully saturated rings. The average Bonchev–Trinajstić information content (AvgIpc) is 3.07. The van der Waals surface area contributed by atoms with Gasteiger partial charge in [0.1, 0.15) is 11.5 Å². The van der Waals surface area contributed by atoms with E-state index < -0.39 is 0 Å². The summed E-state index contributed by atoms with van der Waals surface area (Å²) in [6, 6.07) is 2.06. The standard InChI is InChI=1S/C12H13ClN4/c1-2-9-11(13)14-7-15-12(9)17-6-5-10(16-17)8-3-4-8/h5-8H,2-4H2,1H3. The van der Waals surface area contributed by atoms with E-state index >= 15 is 0 Å². The number of hydrogen-bond donors (Lipinski definition) is 0. The van der Waals surface area contributed by atoms with E-state index in [1.807, 2.05) is 13.1 Å². The van der Waals surface area contributed by atoms with Gasteiger partial charge in [0.2, 0.25) is 0 Å². The zero-order chi connectivity index (χ0) is 11.8. The first-order valence-corrected chi connectivity index (χ1v) is 6.22. The van der Waals surface area contributed by atoms with Crippen molar-refractivity contribution < 1.29 is 0 Å². The second-order valence-electron chi connectivity index (χ2n) is 4.28. The Labute approximate surface area is 105 Å². The fourth-order valence-electron chi connectivity index (χ4n) is 1.94. The van der Waals surface area contributed by atoms with E-state index in [1.54, 1.807) is 4.68 Å². The normalized spacial score (nSPS) is 15.2. The third-order valence-electron chi connectivity index (χ3n) is 3.05. The lowest BCUT2D eigenvalue weighted by molar-refractivity contribution is 0.792. The summed E-state index contributed by atoms with van der Waals surface area (Å²) in [6.45, 7) is 2.04. The Balaban J connectivity index is 2.04. The summed E-state index contributed by atoms with van der Waals surface area (Å²) in [6.07, 6.45) is 6.73. The molecule has 17 heavy (non-hydrogen) atoms. The number of halogens is 1. The highest BCUT2D eigenvalue weighted by Crippen LogP contribution is 2.39. The molecule has 0 aromatic carbocycles. The van der Waals surface area contributed by atoms with E-state index in [0.717, 1.165) is 23.5 Å². The Bertz CT molecular complexity index is 545. The number of hydrogen-bond acceptors (Lipinski definition) is 3. The maximum atomic E-state index is 6.07. The minimum atomic E-state index is 0.515. The van der Waals surface area contributed by atoms with Crippen molar-refractivity contribution in [3.05, 3.63) is 35.0 Å². The van der Waals surface area contributed by atoms with Crippen LogP contribution >= 0.6 is 11.6 Å². The fourth-order valence-corrected chi connectivity index (χ4v) is 2.20. The van der Waals surface area contributed by atoms with Crippen molar-refractivity contribution in [2.24, 2.45) is 0 Å².